The number of halogens is 6. The van der Waals surface area contributed by atoms with E-state index >= 15 is 0 Å². The summed E-state index contributed by atoms with van der Waals surface area (Å²) in [7, 11) is 0. The Hall–Kier alpha value is 1.72. The van der Waals surface area contributed by atoms with Crippen LogP contribution in [0.3, 0.4) is 0 Å². The summed E-state index contributed by atoms with van der Waals surface area (Å²) < 4.78 is 0.106. The van der Waals surface area contributed by atoms with Crippen molar-refractivity contribution in [2.45, 2.75) is 7.47 Å². The summed E-state index contributed by atoms with van der Waals surface area (Å²) in [6, 6.07) is 3.67. The molecule has 0 aliphatic rings. The van der Waals surface area contributed by atoms with Crippen LogP contribution in [0.5, 0.6) is 0 Å². The van der Waals surface area contributed by atoms with E-state index in [1.807, 2.05) is 12.1 Å². The van der Waals surface area contributed by atoms with Gasteiger partial charge in [0.15, 0.2) is 0 Å². The molecule has 0 unspecified atom stereocenters. The molecule has 0 amide bonds. The van der Waals surface area contributed by atoms with E-state index in [4.69, 9.17) is 23.2 Å². The second-order valence-corrected chi connectivity index (χ2v) is 9.43. The van der Waals surface area contributed by atoms with Gasteiger partial charge >= 0.3 is 0 Å². The maximum atomic E-state index is 5.93. The predicted molar refractivity (Wildman–Crippen MR) is 77.7 cm³/mol. The molecule has 0 nitrogen and oxygen atoms in total. The molecular weight excluding hydrogens is 487 g/mol. The Morgan fingerprint density at radius 3 is 1.29 bits per heavy atom. The molecule has 14 heavy (non-hydrogen) atoms. The van der Waals surface area contributed by atoms with Crippen molar-refractivity contribution in [3.05, 3.63) is 33.3 Å². The molecular formula is C8H4Br4Cl2. The first kappa shape index (κ1) is 13.8. The van der Waals surface area contributed by atoms with E-state index < -0.39 is 0 Å². The van der Waals surface area contributed by atoms with Gasteiger partial charge in [-0.3, -0.25) is 0 Å². The summed E-state index contributed by atoms with van der Waals surface area (Å²) in [4.78, 5) is 0. The van der Waals surface area contributed by atoms with Crippen LogP contribution < -0.4 is 0 Å². The topological polar surface area (TPSA) is 0 Å². The molecule has 0 radical (unpaired) electrons. The SMILES string of the molecule is Clc1cc(C(Br)Br)c(C(Br)Br)cc1Cl. The molecule has 0 bridgehead atoms. The first-order valence-electron chi connectivity index (χ1n) is 3.48. The summed E-state index contributed by atoms with van der Waals surface area (Å²) >= 11 is 25.6. The monoisotopic (exact) mass is 486 g/mol. The molecule has 0 aliphatic heterocycles. The zero-order valence-electron chi connectivity index (χ0n) is 6.58. The molecule has 0 aliphatic carbocycles. The van der Waals surface area contributed by atoms with Crippen LogP contribution in [0, 0.1) is 0 Å². The van der Waals surface area contributed by atoms with Crippen LogP contribution in [-0.4, -0.2) is 0 Å². The first-order valence-corrected chi connectivity index (χ1v) is 7.90. The minimum Gasteiger partial charge on any atom is -0.0827 e. The third-order valence-electron chi connectivity index (χ3n) is 1.60. The minimum atomic E-state index is 0.0531. The summed E-state index contributed by atoms with van der Waals surface area (Å²) in [5, 5.41) is 1.10. The van der Waals surface area contributed by atoms with E-state index in [0.717, 1.165) is 11.1 Å². The van der Waals surface area contributed by atoms with Gasteiger partial charge in [0.25, 0.3) is 0 Å². The second kappa shape index (κ2) is 5.87. The Bertz CT molecular complexity index is 305. The van der Waals surface area contributed by atoms with Gasteiger partial charge in [-0.2, -0.15) is 0 Å². The summed E-state index contributed by atoms with van der Waals surface area (Å²) in [5.74, 6) is 0. The predicted octanol–water partition coefficient (Wildman–Crippen LogP) is 6.57. The Labute approximate surface area is 126 Å². The van der Waals surface area contributed by atoms with Crippen LogP contribution in [0.25, 0.3) is 0 Å². The van der Waals surface area contributed by atoms with E-state index in [2.05, 4.69) is 63.7 Å². The molecule has 78 valence electrons. The van der Waals surface area contributed by atoms with Gasteiger partial charge in [-0.25, -0.2) is 0 Å². The molecule has 0 spiro atoms. The lowest BCUT2D eigenvalue weighted by molar-refractivity contribution is 1.29. The first-order chi connectivity index (χ1) is 6.43. The highest BCUT2D eigenvalue weighted by Crippen LogP contribution is 2.42. The quantitative estimate of drug-likeness (QED) is 0.411. The number of hydrogen-bond acceptors (Lipinski definition) is 0. The Morgan fingerprint density at radius 1 is 0.786 bits per heavy atom. The van der Waals surface area contributed by atoms with Crippen molar-refractivity contribution >= 4 is 86.9 Å². The lowest BCUT2D eigenvalue weighted by atomic mass is 10.1. The van der Waals surface area contributed by atoms with Gasteiger partial charge < -0.3 is 0 Å². The van der Waals surface area contributed by atoms with Crippen molar-refractivity contribution < 1.29 is 0 Å². The fraction of sp³-hybridized carbons (Fsp3) is 0.250. The van der Waals surface area contributed by atoms with Crippen molar-refractivity contribution in [3.8, 4) is 0 Å². The standard InChI is InChI=1S/C8H4Br4Cl2/c9-7(10)3-1-5(13)6(14)2-4(3)8(11)12/h1-2,7-8H. The van der Waals surface area contributed by atoms with Crippen LogP contribution in [0.2, 0.25) is 10.0 Å². The van der Waals surface area contributed by atoms with Crippen molar-refractivity contribution in [1.29, 1.82) is 0 Å². The van der Waals surface area contributed by atoms with Crippen molar-refractivity contribution in [1.82, 2.24) is 0 Å². The van der Waals surface area contributed by atoms with Gasteiger partial charge in [0.1, 0.15) is 0 Å². The Morgan fingerprint density at radius 2 is 1.07 bits per heavy atom. The van der Waals surface area contributed by atoms with Crippen LogP contribution in [0.15, 0.2) is 12.1 Å². The molecule has 1 aromatic rings. The van der Waals surface area contributed by atoms with Crippen LogP contribution >= 0.6 is 86.9 Å². The highest BCUT2D eigenvalue weighted by atomic mass is 79.9. The average Bonchev–Trinajstić information content (AvgIpc) is 2.08. The van der Waals surface area contributed by atoms with Crippen LogP contribution in [-0.2, 0) is 0 Å². The summed E-state index contributed by atoms with van der Waals surface area (Å²) in [6.07, 6.45) is 0. The van der Waals surface area contributed by atoms with Gasteiger partial charge in [-0.05, 0) is 23.3 Å². The number of hydrogen-bond donors (Lipinski definition) is 0. The third-order valence-corrected chi connectivity index (χ3v) is 4.29. The summed E-state index contributed by atoms with van der Waals surface area (Å²) in [6.45, 7) is 0. The highest BCUT2D eigenvalue weighted by Gasteiger charge is 2.16. The average molecular weight is 491 g/mol. The molecule has 0 aromatic heterocycles. The highest BCUT2D eigenvalue weighted by molar-refractivity contribution is 9.24. The van der Waals surface area contributed by atoms with E-state index in [0.29, 0.717) is 10.0 Å². The maximum absolute atomic E-state index is 5.93. The molecule has 0 saturated heterocycles. The molecule has 1 aromatic carbocycles. The molecule has 0 N–H and O–H groups in total. The van der Waals surface area contributed by atoms with Crippen molar-refractivity contribution in [2.24, 2.45) is 0 Å². The molecule has 0 fully saturated rings. The third kappa shape index (κ3) is 3.36. The van der Waals surface area contributed by atoms with Crippen molar-refractivity contribution in [2.75, 3.05) is 0 Å². The Kier molecular flexibility index (Phi) is 5.78. The molecule has 0 heterocycles. The number of benzene rings is 1. The normalized spacial score (nSPS) is 11.4. The second-order valence-electron chi connectivity index (χ2n) is 2.50. The smallest absolute Gasteiger partial charge is 0.0827 e. The Balaban J connectivity index is 3.31. The molecule has 6 heteroatoms. The zero-order chi connectivity index (χ0) is 10.9. The zero-order valence-corrected chi connectivity index (χ0v) is 14.4. The van der Waals surface area contributed by atoms with Gasteiger partial charge in [-0.1, -0.05) is 86.9 Å². The fourth-order valence-corrected chi connectivity index (χ4v) is 2.89. The van der Waals surface area contributed by atoms with E-state index in [1.54, 1.807) is 0 Å². The lowest BCUT2D eigenvalue weighted by Crippen LogP contribution is -1.92. The van der Waals surface area contributed by atoms with E-state index in [9.17, 15) is 0 Å². The molecule has 1 rings (SSSR count). The molecule has 0 saturated carbocycles. The lowest BCUT2D eigenvalue weighted by Gasteiger charge is -2.13. The number of alkyl halides is 4. The van der Waals surface area contributed by atoms with Gasteiger partial charge in [-0.15, -0.1) is 0 Å². The minimum absolute atomic E-state index is 0.0531. The van der Waals surface area contributed by atoms with Crippen molar-refractivity contribution in [3.63, 3.8) is 0 Å². The summed E-state index contributed by atoms with van der Waals surface area (Å²) in [5.41, 5.74) is 2.08. The number of rotatable bonds is 2. The molecule has 0 atom stereocenters. The van der Waals surface area contributed by atoms with Gasteiger partial charge in [0.2, 0.25) is 0 Å². The van der Waals surface area contributed by atoms with Crippen LogP contribution in [0.1, 0.15) is 18.6 Å². The van der Waals surface area contributed by atoms with Gasteiger partial charge in [0, 0.05) is 0 Å². The van der Waals surface area contributed by atoms with E-state index in [1.165, 1.54) is 0 Å². The van der Waals surface area contributed by atoms with Gasteiger partial charge in [0.05, 0.1) is 17.5 Å². The van der Waals surface area contributed by atoms with E-state index in [-0.39, 0.29) is 7.47 Å². The van der Waals surface area contributed by atoms with Crippen LogP contribution in [0.4, 0.5) is 0 Å². The fourth-order valence-electron chi connectivity index (χ4n) is 0.956. The largest absolute Gasteiger partial charge is 0.0950 e. The maximum Gasteiger partial charge on any atom is 0.0950 e.